The average molecular weight is 819 g/mol. The third-order valence-corrected chi connectivity index (χ3v) is 18.7. The Hall–Kier alpha value is -5.55. The molecule has 8 aromatic carbocycles. The van der Waals surface area contributed by atoms with Crippen LogP contribution in [0, 0.1) is 0 Å². The van der Waals surface area contributed by atoms with Crippen LogP contribution in [0.3, 0.4) is 0 Å². The van der Waals surface area contributed by atoms with E-state index in [9.17, 15) is 0 Å². The molecule has 0 aromatic heterocycles. The summed E-state index contributed by atoms with van der Waals surface area (Å²) < 4.78 is 28.8. The van der Waals surface area contributed by atoms with E-state index in [0.717, 1.165) is 12.3 Å². The van der Waals surface area contributed by atoms with E-state index in [-0.39, 0.29) is 0 Å². The SMILES string of the molecule is O=S(=O)([O-])O[O-].c1ccc(C[P+](c2ccccc2)(c2ccccc2)c2ccccc2)cc1.c1ccc(C[P+](c2ccccc2)(c2ccccc2)c2ccccc2)cc1. The van der Waals surface area contributed by atoms with Crippen molar-refractivity contribution >= 4 is 56.8 Å². The molecule has 8 aromatic rings. The zero-order chi connectivity index (χ0) is 40.5. The van der Waals surface area contributed by atoms with Crippen LogP contribution in [0.25, 0.3) is 0 Å². The van der Waals surface area contributed by atoms with Crippen molar-refractivity contribution in [3.63, 3.8) is 0 Å². The molecule has 0 amide bonds. The molecule has 0 fully saturated rings. The minimum absolute atomic E-state index is 1.03. The highest BCUT2D eigenvalue weighted by molar-refractivity contribution is 7.95. The molecule has 8 rings (SSSR count). The second-order valence-corrected chi connectivity index (χ2v) is 21.3. The van der Waals surface area contributed by atoms with Crippen molar-refractivity contribution in [2.24, 2.45) is 0 Å². The van der Waals surface area contributed by atoms with Gasteiger partial charge in [-0.15, -0.1) is 0 Å². The van der Waals surface area contributed by atoms with Crippen molar-refractivity contribution in [2.75, 3.05) is 0 Å². The Morgan fingerprint density at radius 1 is 0.328 bits per heavy atom. The minimum Gasteiger partial charge on any atom is -0.726 e. The quantitative estimate of drug-likeness (QED) is 0.0433. The van der Waals surface area contributed by atoms with Gasteiger partial charge in [0, 0.05) is 0 Å². The van der Waals surface area contributed by atoms with Crippen molar-refractivity contribution < 1.29 is 22.6 Å². The summed E-state index contributed by atoms with van der Waals surface area (Å²) in [6.07, 6.45) is 2.07. The first kappa shape index (κ1) is 42.1. The predicted molar refractivity (Wildman–Crippen MR) is 241 cm³/mol. The summed E-state index contributed by atoms with van der Waals surface area (Å²) in [7, 11) is -8.52. The number of rotatable bonds is 11. The van der Waals surface area contributed by atoms with Crippen molar-refractivity contribution in [1.29, 1.82) is 0 Å². The van der Waals surface area contributed by atoms with E-state index in [1.807, 2.05) is 0 Å². The molecule has 0 radical (unpaired) electrons. The highest BCUT2D eigenvalue weighted by atomic mass is 32.3. The van der Waals surface area contributed by atoms with Crippen LogP contribution in [0.1, 0.15) is 11.1 Å². The maximum absolute atomic E-state index is 8.91. The number of benzene rings is 8. The monoisotopic (exact) mass is 818 g/mol. The van der Waals surface area contributed by atoms with Crippen LogP contribution < -0.4 is 37.1 Å². The van der Waals surface area contributed by atoms with E-state index in [1.165, 1.54) is 43.0 Å². The van der Waals surface area contributed by atoms with Crippen LogP contribution in [0.15, 0.2) is 243 Å². The van der Waals surface area contributed by atoms with Gasteiger partial charge >= 0.3 is 0 Å². The number of hydrogen-bond acceptors (Lipinski definition) is 5. The summed E-state index contributed by atoms with van der Waals surface area (Å²) in [5.41, 5.74) is 2.77. The maximum atomic E-state index is 8.91. The topological polar surface area (TPSA) is 89.5 Å². The van der Waals surface area contributed by atoms with Crippen molar-refractivity contribution in [2.45, 2.75) is 12.3 Å². The van der Waals surface area contributed by atoms with Gasteiger partial charge in [0.1, 0.15) is 46.4 Å². The molecule has 8 heteroatoms. The molecule has 0 bridgehead atoms. The van der Waals surface area contributed by atoms with Crippen LogP contribution in [0.4, 0.5) is 0 Å². The van der Waals surface area contributed by atoms with Crippen LogP contribution in [-0.2, 0) is 27.1 Å². The first-order valence-corrected chi connectivity index (χ1v) is 24.1. The van der Waals surface area contributed by atoms with E-state index in [0.29, 0.717) is 0 Å². The molecule has 0 heterocycles. The second kappa shape index (κ2) is 20.7. The van der Waals surface area contributed by atoms with Gasteiger partial charge in [0.2, 0.25) is 10.4 Å². The summed E-state index contributed by atoms with van der Waals surface area (Å²) in [5.74, 6) is 0. The molecule has 0 atom stereocenters. The molecule has 0 spiro atoms. The van der Waals surface area contributed by atoms with Gasteiger partial charge in [-0.25, -0.2) is 8.42 Å². The van der Waals surface area contributed by atoms with Crippen LogP contribution >= 0.6 is 14.5 Å². The summed E-state index contributed by atoms with van der Waals surface area (Å²) in [6, 6.07) is 88.1. The number of hydrogen-bond donors (Lipinski definition) is 0. The van der Waals surface area contributed by atoms with E-state index in [2.05, 4.69) is 247 Å². The summed E-state index contributed by atoms with van der Waals surface area (Å²) >= 11 is 0. The Kier molecular flexibility index (Phi) is 15.0. The van der Waals surface area contributed by atoms with Crippen molar-refractivity contribution in [3.05, 3.63) is 254 Å². The average Bonchev–Trinajstić information content (AvgIpc) is 3.30. The Balaban J connectivity index is 0.000000172. The second-order valence-electron chi connectivity index (χ2n) is 13.4. The van der Waals surface area contributed by atoms with Gasteiger partial charge in [0.25, 0.3) is 0 Å². The van der Waals surface area contributed by atoms with E-state index in [1.54, 1.807) is 0 Å². The molecule has 0 unspecified atom stereocenters. The third-order valence-electron chi connectivity index (χ3n) is 9.79. The fraction of sp³-hybridized carbons (Fsp3) is 0.0400. The lowest BCUT2D eigenvalue weighted by Gasteiger charge is -2.27. The van der Waals surface area contributed by atoms with Crippen LogP contribution in [-0.4, -0.2) is 13.0 Å². The minimum atomic E-state index is -4.97. The largest absolute Gasteiger partial charge is 0.726 e. The van der Waals surface area contributed by atoms with Crippen molar-refractivity contribution in [1.82, 2.24) is 0 Å². The standard InChI is InChI=1S/2C25H22P.H2O5S/c2*1-5-13-22(14-6-1)21-26(23-15-7-2-8-16-23,24-17-9-3-10-18-24)25-19-11-4-12-20-25;1-5-6(2,3)4/h2*1-20H,21H2;1H,(H,2,3,4)/q2*+1;/p-2. The van der Waals surface area contributed by atoms with Gasteiger partial charge < -0.3 is 14.1 Å². The van der Waals surface area contributed by atoms with E-state index >= 15 is 0 Å². The molecule has 5 nitrogen and oxygen atoms in total. The molecule has 0 N–H and O–H groups in total. The molecule has 0 saturated carbocycles. The Morgan fingerprint density at radius 3 is 0.638 bits per heavy atom. The zero-order valence-corrected chi connectivity index (χ0v) is 34.5. The summed E-state index contributed by atoms with van der Waals surface area (Å²) in [4.78, 5) is 0. The Labute approximate surface area is 343 Å². The van der Waals surface area contributed by atoms with E-state index in [4.69, 9.17) is 18.2 Å². The normalized spacial score (nSPS) is 11.3. The zero-order valence-electron chi connectivity index (χ0n) is 31.9. The van der Waals surface area contributed by atoms with Gasteiger partial charge in [0.15, 0.2) is 0 Å². The fourth-order valence-corrected chi connectivity index (χ4v) is 15.7. The smallest absolute Gasteiger partial charge is 0.208 e. The maximum Gasteiger partial charge on any atom is 0.208 e. The van der Waals surface area contributed by atoms with Crippen LogP contribution in [0.5, 0.6) is 0 Å². The lowest BCUT2D eigenvalue weighted by Crippen LogP contribution is -2.32. The van der Waals surface area contributed by atoms with Gasteiger partial charge in [-0.3, -0.25) is 0 Å². The Bertz CT molecular complexity index is 2120. The molecule has 58 heavy (non-hydrogen) atoms. The highest BCUT2D eigenvalue weighted by Gasteiger charge is 2.46. The Morgan fingerprint density at radius 2 is 0.483 bits per heavy atom. The summed E-state index contributed by atoms with van der Waals surface area (Å²) in [6.45, 7) is 0. The third kappa shape index (κ3) is 10.7. The first-order chi connectivity index (χ1) is 28.3. The molecule has 0 aliphatic rings. The van der Waals surface area contributed by atoms with Crippen LogP contribution in [0.2, 0.25) is 0 Å². The van der Waals surface area contributed by atoms with Crippen molar-refractivity contribution in [3.8, 4) is 0 Å². The predicted octanol–water partition coefficient (Wildman–Crippen LogP) is 8.10. The molecule has 0 aliphatic heterocycles. The highest BCUT2D eigenvalue weighted by Crippen LogP contribution is 2.59. The molecule has 0 aliphatic carbocycles. The fourth-order valence-electron chi connectivity index (χ4n) is 7.25. The first-order valence-electron chi connectivity index (χ1n) is 18.8. The lowest BCUT2D eigenvalue weighted by molar-refractivity contribution is -0.637. The van der Waals surface area contributed by atoms with E-state index < -0.39 is 24.9 Å². The summed E-state index contributed by atoms with van der Waals surface area (Å²) in [5, 5.41) is 17.1. The molecule has 0 saturated heterocycles. The molecular formula is C50H44O5P2S. The molecular weight excluding hydrogens is 775 g/mol. The lowest BCUT2D eigenvalue weighted by atomic mass is 10.2. The van der Waals surface area contributed by atoms with Gasteiger partial charge in [0.05, 0.1) is 12.3 Å². The van der Waals surface area contributed by atoms with Gasteiger partial charge in [-0.2, -0.15) is 0 Å². The molecule has 290 valence electrons. The van der Waals surface area contributed by atoms with Gasteiger partial charge in [-0.05, 0) is 83.9 Å². The van der Waals surface area contributed by atoms with Gasteiger partial charge in [-0.1, -0.05) is 170 Å².